The lowest BCUT2D eigenvalue weighted by Crippen LogP contribution is -2.37. The van der Waals surface area contributed by atoms with Crippen molar-refractivity contribution in [2.45, 2.75) is 23.8 Å². The fourth-order valence-corrected chi connectivity index (χ4v) is 4.79. The number of rotatable bonds is 8. The van der Waals surface area contributed by atoms with Gasteiger partial charge in [0.15, 0.2) is 0 Å². The molecule has 0 saturated carbocycles. The molecule has 1 atom stereocenters. The summed E-state index contributed by atoms with van der Waals surface area (Å²) < 4.78 is 27.0. The summed E-state index contributed by atoms with van der Waals surface area (Å²) >= 11 is 7.50. The lowest BCUT2D eigenvalue weighted by molar-refractivity contribution is -0.122. The summed E-state index contributed by atoms with van der Waals surface area (Å²) in [4.78, 5) is 17.4. The third kappa shape index (κ3) is 5.52. The highest BCUT2D eigenvalue weighted by Crippen LogP contribution is 2.23. The van der Waals surface area contributed by atoms with Crippen molar-refractivity contribution in [3.8, 4) is 0 Å². The third-order valence-corrected chi connectivity index (χ3v) is 6.76. The zero-order valence-electron chi connectivity index (χ0n) is 15.9. The summed E-state index contributed by atoms with van der Waals surface area (Å²) in [5, 5.41) is 3.58. The molecule has 1 unspecified atom stereocenters. The quantitative estimate of drug-likeness (QED) is 0.646. The first-order chi connectivity index (χ1) is 13.9. The maximum Gasteiger partial charge on any atom is 0.263 e. The maximum absolute atomic E-state index is 12.7. The number of benzene rings is 2. The van der Waals surface area contributed by atoms with Crippen LogP contribution in [0.4, 0.5) is 0 Å². The molecule has 1 aliphatic rings. The number of halogens is 1. The van der Waals surface area contributed by atoms with Gasteiger partial charge in [-0.15, -0.1) is 0 Å². The molecule has 0 saturated heterocycles. The summed E-state index contributed by atoms with van der Waals surface area (Å²) in [5.74, 6) is 0.740. The zero-order valence-corrected chi connectivity index (χ0v) is 18.3. The first kappa shape index (κ1) is 21.7. The van der Waals surface area contributed by atoms with Crippen molar-refractivity contribution in [1.82, 2.24) is 10.0 Å². The molecule has 0 radical (unpaired) electrons. The monoisotopic (exact) mass is 451 g/mol. The number of amides is 1. The molecule has 2 aromatic carbocycles. The number of hydrogen-bond donors (Lipinski definition) is 2. The Morgan fingerprint density at radius 3 is 2.66 bits per heavy atom. The van der Waals surface area contributed by atoms with Gasteiger partial charge in [-0.25, -0.2) is 8.42 Å². The molecule has 0 bridgehead atoms. The summed E-state index contributed by atoms with van der Waals surface area (Å²) in [7, 11) is -3.63. The SMILES string of the molecule is CSCCC(N=C1NS(=O)(=O)c2ccccc21)C(=O)NCCc1ccc(Cl)cc1. The van der Waals surface area contributed by atoms with Crippen molar-refractivity contribution in [2.75, 3.05) is 18.6 Å². The highest BCUT2D eigenvalue weighted by Gasteiger charge is 2.31. The van der Waals surface area contributed by atoms with Crippen LogP contribution < -0.4 is 10.0 Å². The van der Waals surface area contributed by atoms with E-state index in [0.29, 0.717) is 30.0 Å². The predicted molar refractivity (Wildman–Crippen MR) is 118 cm³/mol. The molecule has 0 spiro atoms. The number of sulfonamides is 1. The van der Waals surface area contributed by atoms with E-state index in [0.717, 1.165) is 11.3 Å². The fraction of sp³-hybridized carbons (Fsp3) is 0.300. The third-order valence-electron chi connectivity index (χ3n) is 4.47. The Morgan fingerprint density at radius 2 is 1.93 bits per heavy atom. The van der Waals surface area contributed by atoms with Crippen LogP contribution in [0.1, 0.15) is 17.5 Å². The Balaban J connectivity index is 1.71. The van der Waals surface area contributed by atoms with Gasteiger partial charge in [0.1, 0.15) is 11.9 Å². The smallest absolute Gasteiger partial charge is 0.263 e. The standard InChI is InChI=1S/C20H22ClN3O3S2/c1-28-13-11-17(20(25)22-12-10-14-6-8-15(21)9-7-14)23-19-16-4-2-3-5-18(16)29(26,27)24-19/h2-9,17H,10-13H2,1H3,(H,22,25)(H,23,24). The van der Waals surface area contributed by atoms with Gasteiger partial charge in [0.05, 0.1) is 4.90 Å². The first-order valence-corrected chi connectivity index (χ1v) is 12.4. The fourth-order valence-electron chi connectivity index (χ4n) is 2.97. The second-order valence-corrected chi connectivity index (χ2v) is 9.62. The van der Waals surface area contributed by atoms with Crippen LogP contribution in [0.2, 0.25) is 5.02 Å². The van der Waals surface area contributed by atoms with Gasteiger partial charge in [0.2, 0.25) is 5.91 Å². The Kier molecular flexibility index (Phi) is 7.21. The first-order valence-electron chi connectivity index (χ1n) is 9.12. The molecular formula is C20H22ClN3O3S2. The molecule has 6 nitrogen and oxygen atoms in total. The van der Waals surface area contributed by atoms with Crippen LogP contribution in [0.5, 0.6) is 0 Å². The number of carbonyl (C=O) groups excluding carboxylic acids is 1. The Bertz CT molecular complexity index is 1010. The van der Waals surface area contributed by atoms with Crippen LogP contribution in [-0.2, 0) is 21.2 Å². The number of nitrogens with zero attached hydrogens (tertiary/aromatic N) is 1. The van der Waals surface area contributed by atoms with Crippen LogP contribution in [0.15, 0.2) is 58.4 Å². The van der Waals surface area contributed by atoms with Crippen LogP contribution >= 0.6 is 23.4 Å². The lowest BCUT2D eigenvalue weighted by atomic mass is 10.1. The molecule has 3 rings (SSSR count). The molecular weight excluding hydrogens is 430 g/mol. The van der Waals surface area contributed by atoms with Crippen LogP contribution in [-0.4, -0.2) is 44.8 Å². The largest absolute Gasteiger partial charge is 0.354 e. The second kappa shape index (κ2) is 9.65. The van der Waals surface area contributed by atoms with Crippen LogP contribution in [0.3, 0.4) is 0 Å². The van der Waals surface area contributed by atoms with Gasteiger partial charge < -0.3 is 5.32 Å². The molecule has 9 heteroatoms. The number of aliphatic imine (C=N–C) groups is 1. The number of hydrogen-bond acceptors (Lipinski definition) is 5. The molecule has 29 heavy (non-hydrogen) atoms. The number of carbonyl (C=O) groups is 1. The molecule has 2 N–H and O–H groups in total. The predicted octanol–water partition coefficient (Wildman–Crippen LogP) is 2.86. The molecule has 0 aliphatic carbocycles. The minimum absolute atomic E-state index is 0.186. The molecule has 1 aliphatic heterocycles. The Morgan fingerprint density at radius 1 is 1.21 bits per heavy atom. The summed E-state index contributed by atoms with van der Waals surface area (Å²) in [6, 6.07) is 13.4. The Hall–Kier alpha value is -2.03. The number of thioether (sulfide) groups is 1. The summed E-state index contributed by atoms with van der Waals surface area (Å²) in [6.07, 6.45) is 3.14. The van der Waals surface area contributed by atoms with E-state index < -0.39 is 16.1 Å². The highest BCUT2D eigenvalue weighted by molar-refractivity contribution is 7.98. The zero-order chi connectivity index (χ0) is 20.9. The van der Waals surface area contributed by atoms with Gasteiger partial charge in [-0.3, -0.25) is 14.5 Å². The van der Waals surface area contributed by atoms with E-state index in [1.54, 1.807) is 30.0 Å². The lowest BCUT2D eigenvalue weighted by Gasteiger charge is -2.14. The van der Waals surface area contributed by atoms with Crippen molar-refractivity contribution in [1.29, 1.82) is 0 Å². The van der Waals surface area contributed by atoms with Crippen molar-refractivity contribution >= 4 is 45.1 Å². The van der Waals surface area contributed by atoms with E-state index in [9.17, 15) is 13.2 Å². The van der Waals surface area contributed by atoms with Crippen molar-refractivity contribution < 1.29 is 13.2 Å². The van der Waals surface area contributed by atoms with Gasteiger partial charge in [-0.05, 0) is 54.7 Å². The van der Waals surface area contributed by atoms with E-state index >= 15 is 0 Å². The average Bonchev–Trinajstić information content (AvgIpc) is 2.97. The van der Waals surface area contributed by atoms with Gasteiger partial charge in [-0.2, -0.15) is 11.8 Å². The molecule has 0 aromatic heterocycles. The van der Waals surface area contributed by atoms with Gasteiger partial charge in [0.25, 0.3) is 10.0 Å². The van der Waals surface area contributed by atoms with Gasteiger partial charge in [-0.1, -0.05) is 35.9 Å². The highest BCUT2D eigenvalue weighted by atomic mass is 35.5. The number of fused-ring (bicyclic) bond motifs is 1. The van der Waals surface area contributed by atoms with Crippen molar-refractivity contribution in [3.05, 3.63) is 64.7 Å². The van der Waals surface area contributed by atoms with Gasteiger partial charge >= 0.3 is 0 Å². The number of nitrogens with one attached hydrogen (secondary N) is 2. The molecule has 2 aromatic rings. The molecule has 1 amide bonds. The van der Waals surface area contributed by atoms with E-state index in [2.05, 4.69) is 15.0 Å². The average molecular weight is 452 g/mol. The van der Waals surface area contributed by atoms with Gasteiger partial charge in [0, 0.05) is 17.1 Å². The van der Waals surface area contributed by atoms with Crippen LogP contribution in [0, 0.1) is 0 Å². The molecule has 0 fully saturated rings. The van der Waals surface area contributed by atoms with Crippen LogP contribution in [0.25, 0.3) is 0 Å². The van der Waals surface area contributed by atoms with E-state index in [-0.39, 0.29) is 16.6 Å². The summed E-state index contributed by atoms with van der Waals surface area (Å²) in [6.45, 7) is 0.462. The Labute approximate surface area is 180 Å². The van der Waals surface area contributed by atoms with E-state index in [4.69, 9.17) is 11.6 Å². The number of amidine groups is 1. The van der Waals surface area contributed by atoms with Crippen molar-refractivity contribution in [3.63, 3.8) is 0 Å². The van der Waals surface area contributed by atoms with E-state index in [1.165, 1.54) is 6.07 Å². The maximum atomic E-state index is 12.7. The molecule has 154 valence electrons. The normalized spacial score (nSPS) is 16.8. The molecule has 1 heterocycles. The topological polar surface area (TPSA) is 87.6 Å². The summed E-state index contributed by atoms with van der Waals surface area (Å²) in [5.41, 5.74) is 1.56. The minimum Gasteiger partial charge on any atom is -0.354 e. The van der Waals surface area contributed by atoms with E-state index in [1.807, 2.05) is 30.5 Å². The second-order valence-electron chi connectivity index (χ2n) is 6.54. The minimum atomic E-state index is -3.63. The van der Waals surface area contributed by atoms with Crippen molar-refractivity contribution in [2.24, 2.45) is 4.99 Å².